The van der Waals surface area contributed by atoms with Crippen molar-refractivity contribution >= 4 is 0 Å². The van der Waals surface area contributed by atoms with E-state index in [1.54, 1.807) is 0 Å². The van der Waals surface area contributed by atoms with E-state index in [2.05, 4.69) is 19.2 Å². The molecule has 1 saturated carbocycles. The molecule has 0 radical (unpaired) electrons. The largest absolute Gasteiger partial charge is 0.381 e. The van der Waals surface area contributed by atoms with Gasteiger partial charge in [-0.25, -0.2) is 0 Å². The van der Waals surface area contributed by atoms with Crippen LogP contribution in [0.2, 0.25) is 0 Å². The molecule has 2 heteroatoms. The zero-order valence-corrected chi connectivity index (χ0v) is 10.9. The molecule has 0 bridgehead atoms. The summed E-state index contributed by atoms with van der Waals surface area (Å²) in [6, 6.07) is 0.796. The Morgan fingerprint density at radius 3 is 2.56 bits per heavy atom. The van der Waals surface area contributed by atoms with Crippen LogP contribution in [0, 0.1) is 11.3 Å². The molecule has 0 aromatic rings. The first-order valence-electron chi connectivity index (χ1n) is 7.05. The summed E-state index contributed by atoms with van der Waals surface area (Å²) in [6.07, 6.45) is 8.03. The fourth-order valence-electron chi connectivity index (χ4n) is 2.73. The zero-order chi connectivity index (χ0) is 11.4. The van der Waals surface area contributed by atoms with Crippen molar-refractivity contribution in [2.24, 2.45) is 11.3 Å². The summed E-state index contributed by atoms with van der Waals surface area (Å²) in [5, 5.41) is 3.84. The predicted molar refractivity (Wildman–Crippen MR) is 67.6 cm³/mol. The number of rotatable bonds is 6. The third-order valence-corrected chi connectivity index (χ3v) is 4.28. The highest BCUT2D eigenvalue weighted by Gasteiger charge is 2.33. The van der Waals surface area contributed by atoms with Gasteiger partial charge in [0.2, 0.25) is 0 Å². The maximum Gasteiger partial charge on any atom is 0.0471 e. The zero-order valence-electron chi connectivity index (χ0n) is 10.9. The average molecular weight is 225 g/mol. The van der Waals surface area contributed by atoms with Crippen LogP contribution < -0.4 is 5.32 Å². The van der Waals surface area contributed by atoms with Gasteiger partial charge in [0.05, 0.1) is 0 Å². The molecular weight excluding hydrogens is 198 g/mol. The van der Waals surface area contributed by atoms with Gasteiger partial charge in [-0.2, -0.15) is 0 Å². The lowest BCUT2D eigenvalue weighted by Gasteiger charge is -2.35. The maximum atomic E-state index is 5.45. The lowest BCUT2D eigenvalue weighted by molar-refractivity contribution is 0.0224. The van der Waals surface area contributed by atoms with E-state index in [-0.39, 0.29) is 0 Å². The van der Waals surface area contributed by atoms with Crippen molar-refractivity contribution in [1.29, 1.82) is 0 Å². The van der Waals surface area contributed by atoms with Crippen molar-refractivity contribution in [3.05, 3.63) is 0 Å². The standard InChI is InChI=1S/C14H27NO/c1-3-4-13(12-5-6-12)15-11-14(2)7-9-16-10-8-14/h12-13,15H,3-11H2,1-2H3. The highest BCUT2D eigenvalue weighted by molar-refractivity contribution is 4.89. The molecule has 0 amide bonds. The van der Waals surface area contributed by atoms with E-state index in [0.717, 1.165) is 25.2 Å². The van der Waals surface area contributed by atoms with Gasteiger partial charge in [-0.05, 0) is 43.4 Å². The van der Waals surface area contributed by atoms with Gasteiger partial charge in [0, 0.05) is 25.8 Å². The van der Waals surface area contributed by atoms with E-state index >= 15 is 0 Å². The van der Waals surface area contributed by atoms with E-state index in [1.807, 2.05) is 0 Å². The van der Waals surface area contributed by atoms with Crippen LogP contribution >= 0.6 is 0 Å². The monoisotopic (exact) mass is 225 g/mol. The van der Waals surface area contributed by atoms with E-state index in [1.165, 1.54) is 45.1 Å². The molecule has 2 nitrogen and oxygen atoms in total. The van der Waals surface area contributed by atoms with Crippen molar-refractivity contribution in [2.75, 3.05) is 19.8 Å². The molecular formula is C14H27NO. The first kappa shape index (κ1) is 12.4. The number of hydrogen-bond donors (Lipinski definition) is 1. The molecule has 1 aliphatic heterocycles. The third kappa shape index (κ3) is 3.46. The molecule has 0 spiro atoms. The molecule has 2 fully saturated rings. The number of hydrogen-bond acceptors (Lipinski definition) is 2. The van der Waals surface area contributed by atoms with Gasteiger partial charge >= 0.3 is 0 Å². The van der Waals surface area contributed by atoms with Crippen molar-refractivity contribution in [2.45, 2.75) is 58.4 Å². The van der Waals surface area contributed by atoms with Crippen LogP contribution in [0.1, 0.15) is 52.4 Å². The SMILES string of the molecule is CCCC(NCC1(C)CCOCC1)C1CC1. The highest BCUT2D eigenvalue weighted by atomic mass is 16.5. The van der Waals surface area contributed by atoms with Crippen molar-refractivity contribution in [1.82, 2.24) is 5.32 Å². The molecule has 1 N–H and O–H groups in total. The van der Waals surface area contributed by atoms with Crippen LogP contribution in [-0.2, 0) is 4.74 Å². The van der Waals surface area contributed by atoms with Crippen LogP contribution in [0.15, 0.2) is 0 Å². The fraction of sp³-hybridized carbons (Fsp3) is 1.00. The average Bonchev–Trinajstić information content (AvgIpc) is 3.09. The van der Waals surface area contributed by atoms with E-state index in [9.17, 15) is 0 Å². The Hall–Kier alpha value is -0.0800. The van der Waals surface area contributed by atoms with Crippen molar-refractivity contribution in [3.8, 4) is 0 Å². The molecule has 16 heavy (non-hydrogen) atoms. The summed E-state index contributed by atoms with van der Waals surface area (Å²) in [7, 11) is 0. The van der Waals surface area contributed by atoms with Crippen LogP contribution in [0.5, 0.6) is 0 Å². The Labute approximate surface area is 100 Å². The summed E-state index contributed by atoms with van der Waals surface area (Å²) in [6.45, 7) is 7.82. The Bertz CT molecular complexity index is 207. The van der Waals surface area contributed by atoms with Gasteiger partial charge in [-0.3, -0.25) is 0 Å². The molecule has 2 rings (SSSR count). The normalized spacial score (nSPS) is 26.6. The first-order valence-corrected chi connectivity index (χ1v) is 7.05. The molecule has 94 valence electrons. The molecule has 0 aromatic carbocycles. The minimum atomic E-state index is 0.485. The van der Waals surface area contributed by atoms with Gasteiger partial charge in [-0.15, -0.1) is 0 Å². The Balaban J connectivity index is 1.75. The first-order chi connectivity index (χ1) is 7.73. The third-order valence-electron chi connectivity index (χ3n) is 4.28. The smallest absolute Gasteiger partial charge is 0.0471 e. The second-order valence-corrected chi connectivity index (χ2v) is 6.04. The summed E-state index contributed by atoms with van der Waals surface area (Å²) in [5.74, 6) is 0.989. The molecule has 1 saturated heterocycles. The highest BCUT2D eigenvalue weighted by Crippen LogP contribution is 2.36. The second kappa shape index (κ2) is 5.50. The van der Waals surface area contributed by atoms with E-state index < -0.39 is 0 Å². The molecule has 1 atom stereocenters. The lowest BCUT2D eigenvalue weighted by atomic mass is 9.82. The Kier molecular flexibility index (Phi) is 4.26. The fourth-order valence-corrected chi connectivity index (χ4v) is 2.73. The van der Waals surface area contributed by atoms with Gasteiger partial charge in [0.1, 0.15) is 0 Å². The molecule has 2 aliphatic rings. The quantitative estimate of drug-likeness (QED) is 0.750. The summed E-state index contributed by atoms with van der Waals surface area (Å²) >= 11 is 0. The number of nitrogens with one attached hydrogen (secondary N) is 1. The van der Waals surface area contributed by atoms with Crippen molar-refractivity contribution < 1.29 is 4.74 Å². The molecule has 0 aromatic heterocycles. The lowest BCUT2D eigenvalue weighted by Crippen LogP contribution is -2.42. The summed E-state index contributed by atoms with van der Waals surface area (Å²) < 4.78 is 5.45. The van der Waals surface area contributed by atoms with Gasteiger partial charge in [0.15, 0.2) is 0 Å². The Morgan fingerprint density at radius 2 is 2.00 bits per heavy atom. The van der Waals surface area contributed by atoms with Gasteiger partial charge < -0.3 is 10.1 Å². The van der Waals surface area contributed by atoms with E-state index in [0.29, 0.717) is 5.41 Å². The molecule has 1 heterocycles. The maximum absolute atomic E-state index is 5.45. The van der Waals surface area contributed by atoms with Gasteiger partial charge in [0.25, 0.3) is 0 Å². The van der Waals surface area contributed by atoms with Crippen LogP contribution in [-0.4, -0.2) is 25.8 Å². The second-order valence-electron chi connectivity index (χ2n) is 6.04. The van der Waals surface area contributed by atoms with E-state index in [4.69, 9.17) is 4.74 Å². The summed E-state index contributed by atoms with van der Waals surface area (Å²) in [5.41, 5.74) is 0.485. The van der Waals surface area contributed by atoms with Crippen LogP contribution in [0.3, 0.4) is 0 Å². The number of ether oxygens (including phenoxy) is 1. The molecule has 1 unspecified atom stereocenters. The Morgan fingerprint density at radius 1 is 1.31 bits per heavy atom. The van der Waals surface area contributed by atoms with Crippen molar-refractivity contribution in [3.63, 3.8) is 0 Å². The minimum absolute atomic E-state index is 0.485. The van der Waals surface area contributed by atoms with Gasteiger partial charge in [-0.1, -0.05) is 20.3 Å². The predicted octanol–water partition coefficient (Wildman–Crippen LogP) is 2.97. The van der Waals surface area contributed by atoms with Crippen LogP contribution in [0.4, 0.5) is 0 Å². The minimum Gasteiger partial charge on any atom is -0.381 e. The van der Waals surface area contributed by atoms with Crippen LogP contribution in [0.25, 0.3) is 0 Å². The topological polar surface area (TPSA) is 21.3 Å². The molecule has 1 aliphatic carbocycles. The summed E-state index contributed by atoms with van der Waals surface area (Å²) in [4.78, 5) is 0.